The fourth-order valence-electron chi connectivity index (χ4n) is 1.83. The molecule has 0 aromatic heterocycles. The van der Waals surface area contributed by atoms with E-state index in [4.69, 9.17) is 15.2 Å². The number of nitrogens with two attached hydrogens (primary N) is 1. The minimum absolute atomic E-state index is 0.309. The van der Waals surface area contributed by atoms with Gasteiger partial charge in [0.15, 0.2) is 5.75 Å². The van der Waals surface area contributed by atoms with Crippen molar-refractivity contribution < 1.29 is 13.9 Å². The molecule has 0 atom stereocenters. The Kier molecular flexibility index (Phi) is 4.79. The zero-order chi connectivity index (χ0) is 13.0. The van der Waals surface area contributed by atoms with Gasteiger partial charge in [-0.15, -0.1) is 0 Å². The lowest BCUT2D eigenvalue weighted by Gasteiger charge is -2.26. The number of hydrogen-bond acceptors (Lipinski definition) is 4. The summed E-state index contributed by atoms with van der Waals surface area (Å²) in [5.41, 5.74) is 6.02. The predicted molar refractivity (Wildman–Crippen MR) is 71.3 cm³/mol. The molecule has 100 valence electrons. The van der Waals surface area contributed by atoms with Crippen molar-refractivity contribution >= 4 is 21.6 Å². The Morgan fingerprint density at radius 1 is 1.39 bits per heavy atom. The van der Waals surface area contributed by atoms with Gasteiger partial charge in [-0.3, -0.25) is 4.90 Å². The molecule has 18 heavy (non-hydrogen) atoms. The molecule has 1 aliphatic heterocycles. The van der Waals surface area contributed by atoms with E-state index < -0.39 is 0 Å². The monoisotopic (exact) mass is 318 g/mol. The van der Waals surface area contributed by atoms with E-state index in [0.29, 0.717) is 22.5 Å². The molecule has 1 saturated heterocycles. The maximum Gasteiger partial charge on any atom is 0.156 e. The molecule has 0 bridgehead atoms. The summed E-state index contributed by atoms with van der Waals surface area (Å²) in [6.45, 7) is 4.71. The van der Waals surface area contributed by atoms with Crippen molar-refractivity contribution in [1.82, 2.24) is 4.90 Å². The highest BCUT2D eigenvalue weighted by atomic mass is 79.9. The summed E-state index contributed by atoms with van der Waals surface area (Å²) in [4.78, 5) is 2.26. The lowest BCUT2D eigenvalue weighted by molar-refractivity contribution is 0.0322. The Morgan fingerprint density at radius 3 is 2.78 bits per heavy atom. The smallest absolute Gasteiger partial charge is 0.156 e. The molecule has 1 fully saturated rings. The Hall–Kier alpha value is -0.850. The molecule has 1 aromatic rings. The maximum atomic E-state index is 13.0. The van der Waals surface area contributed by atoms with Crippen LogP contribution < -0.4 is 10.5 Å². The molecule has 0 saturated carbocycles. The van der Waals surface area contributed by atoms with Gasteiger partial charge in [-0.1, -0.05) is 0 Å². The molecule has 6 heteroatoms. The van der Waals surface area contributed by atoms with Gasteiger partial charge >= 0.3 is 0 Å². The van der Waals surface area contributed by atoms with Gasteiger partial charge in [-0.05, 0) is 22.0 Å². The van der Waals surface area contributed by atoms with Crippen molar-refractivity contribution in [3.63, 3.8) is 0 Å². The molecule has 0 unspecified atom stereocenters. The number of nitrogens with zero attached hydrogens (tertiary/aromatic N) is 1. The van der Waals surface area contributed by atoms with Crippen LogP contribution in [-0.2, 0) is 4.74 Å². The molecule has 0 amide bonds. The quantitative estimate of drug-likeness (QED) is 0.861. The minimum atomic E-state index is -0.375. The molecule has 2 N–H and O–H groups in total. The molecule has 2 rings (SSSR count). The van der Waals surface area contributed by atoms with Crippen LogP contribution >= 0.6 is 15.9 Å². The van der Waals surface area contributed by atoms with Gasteiger partial charge in [0.25, 0.3) is 0 Å². The minimum Gasteiger partial charge on any atom is -0.489 e. The third-order valence-electron chi connectivity index (χ3n) is 2.79. The van der Waals surface area contributed by atoms with Crippen LogP contribution in [0.2, 0.25) is 0 Å². The summed E-state index contributed by atoms with van der Waals surface area (Å²) in [7, 11) is 0. The number of halogens is 2. The maximum absolute atomic E-state index is 13.0. The summed E-state index contributed by atoms with van der Waals surface area (Å²) in [6, 6.07) is 2.61. The predicted octanol–water partition coefficient (Wildman–Crippen LogP) is 1.88. The fraction of sp³-hybridized carbons (Fsp3) is 0.500. The van der Waals surface area contributed by atoms with E-state index in [0.717, 1.165) is 32.8 Å². The molecule has 1 aromatic carbocycles. The summed E-state index contributed by atoms with van der Waals surface area (Å²) in [6.07, 6.45) is 0. The molecule has 0 spiro atoms. The summed E-state index contributed by atoms with van der Waals surface area (Å²) >= 11 is 3.25. The second-order valence-corrected chi connectivity index (χ2v) is 4.96. The van der Waals surface area contributed by atoms with Crippen LogP contribution in [0.15, 0.2) is 16.6 Å². The zero-order valence-corrected chi connectivity index (χ0v) is 11.6. The average molecular weight is 319 g/mol. The van der Waals surface area contributed by atoms with Gasteiger partial charge in [0.05, 0.1) is 23.4 Å². The summed E-state index contributed by atoms with van der Waals surface area (Å²) in [5, 5.41) is 0. The number of rotatable bonds is 4. The first kappa shape index (κ1) is 13.6. The first-order valence-corrected chi connectivity index (χ1v) is 6.63. The van der Waals surface area contributed by atoms with E-state index in [1.807, 2.05) is 0 Å². The molecular formula is C12H16BrFN2O2. The highest BCUT2D eigenvalue weighted by Crippen LogP contribution is 2.32. The van der Waals surface area contributed by atoms with E-state index in [9.17, 15) is 4.39 Å². The molecular weight excluding hydrogens is 303 g/mol. The normalized spacial score (nSPS) is 16.8. The molecule has 0 aliphatic carbocycles. The zero-order valence-electron chi connectivity index (χ0n) is 9.99. The molecule has 0 radical (unpaired) electrons. The third kappa shape index (κ3) is 3.57. The van der Waals surface area contributed by atoms with Crippen LogP contribution in [-0.4, -0.2) is 44.4 Å². The second kappa shape index (κ2) is 6.36. The Morgan fingerprint density at radius 2 is 2.11 bits per heavy atom. The van der Waals surface area contributed by atoms with Crippen molar-refractivity contribution in [2.24, 2.45) is 0 Å². The number of benzene rings is 1. The average Bonchev–Trinajstić information content (AvgIpc) is 2.34. The van der Waals surface area contributed by atoms with Gasteiger partial charge in [0, 0.05) is 25.7 Å². The van der Waals surface area contributed by atoms with Gasteiger partial charge in [0.2, 0.25) is 0 Å². The third-order valence-corrected chi connectivity index (χ3v) is 3.38. The highest BCUT2D eigenvalue weighted by Gasteiger charge is 2.12. The lowest BCUT2D eigenvalue weighted by Crippen LogP contribution is -2.38. The Labute approximate surface area is 114 Å². The van der Waals surface area contributed by atoms with Crippen molar-refractivity contribution in [3.05, 3.63) is 22.4 Å². The van der Waals surface area contributed by atoms with Gasteiger partial charge in [0.1, 0.15) is 12.4 Å². The van der Waals surface area contributed by atoms with E-state index in [1.165, 1.54) is 12.1 Å². The van der Waals surface area contributed by atoms with Crippen molar-refractivity contribution in [2.45, 2.75) is 0 Å². The number of morpholine rings is 1. The standard InChI is InChI=1S/C12H16BrFN2O2/c13-10-7-9(14)8-11(15)12(10)18-6-3-16-1-4-17-5-2-16/h7-8H,1-6,15H2. The van der Waals surface area contributed by atoms with Crippen LogP contribution in [0.3, 0.4) is 0 Å². The van der Waals surface area contributed by atoms with Crippen LogP contribution in [0.25, 0.3) is 0 Å². The van der Waals surface area contributed by atoms with Crippen LogP contribution in [0, 0.1) is 5.82 Å². The number of nitrogen functional groups attached to an aromatic ring is 1. The van der Waals surface area contributed by atoms with Crippen LogP contribution in [0.4, 0.5) is 10.1 Å². The van der Waals surface area contributed by atoms with Crippen LogP contribution in [0.1, 0.15) is 0 Å². The van der Waals surface area contributed by atoms with E-state index >= 15 is 0 Å². The van der Waals surface area contributed by atoms with E-state index in [1.54, 1.807) is 0 Å². The fourth-order valence-corrected chi connectivity index (χ4v) is 2.40. The topological polar surface area (TPSA) is 47.7 Å². The highest BCUT2D eigenvalue weighted by molar-refractivity contribution is 9.10. The lowest BCUT2D eigenvalue weighted by atomic mass is 10.3. The van der Waals surface area contributed by atoms with Gasteiger partial charge in [-0.2, -0.15) is 0 Å². The number of hydrogen-bond donors (Lipinski definition) is 1. The van der Waals surface area contributed by atoms with Crippen molar-refractivity contribution in [2.75, 3.05) is 45.2 Å². The summed E-state index contributed by atoms with van der Waals surface area (Å²) < 4.78 is 24.4. The largest absolute Gasteiger partial charge is 0.489 e. The number of ether oxygens (including phenoxy) is 2. The SMILES string of the molecule is Nc1cc(F)cc(Br)c1OCCN1CCOCC1. The van der Waals surface area contributed by atoms with Crippen molar-refractivity contribution in [3.8, 4) is 5.75 Å². The summed E-state index contributed by atoms with van der Waals surface area (Å²) in [5.74, 6) is 0.129. The van der Waals surface area contributed by atoms with Crippen LogP contribution in [0.5, 0.6) is 5.75 Å². The van der Waals surface area contributed by atoms with Gasteiger partial charge < -0.3 is 15.2 Å². The molecule has 1 heterocycles. The Bertz CT molecular complexity index is 388. The first-order chi connectivity index (χ1) is 8.66. The molecule has 1 aliphatic rings. The second-order valence-electron chi connectivity index (χ2n) is 4.11. The van der Waals surface area contributed by atoms with E-state index in [-0.39, 0.29) is 5.82 Å². The Balaban J connectivity index is 1.86. The van der Waals surface area contributed by atoms with Crippen molar-refractivity contribution in [1.29, 1.82) is 0 Å². The van der Waals surface area contributed by atoms with E-state index in [2.05, 4.69) is 20.8 Å². The van der Waals surface area contributed by atoms with Gasteiger partial charge in [-0.25, -0.2) is 4.39 Å². The first-order valence-electron chi connectivity index (χ1n) is 5.84. The molecule has 4 nitrogen and oxygen atoms in total. The number of anilines is 1.